The molecule has 0 aliphatic rings. The Labute approximate surface area is 126 Å². The molecule has 5 nitrogen and oxygen atoms in total. The molecule has 0 saturated carbocycles. The Hall–Kier alpha value is -2.04. The van der Waals surface area contributed by atoms with Gasteiger partial charge < -0.3 is 10.1 Å². The van der Waals surface area contributed by atoms with E-state index >= 15 is 0 Å². The van der Waals surface area contributed by atoms with Crippen molar-refractivity contribution in [1.82, 2.24) is 5.43 Å². The monoisotopic (exact) mass is 291 g/mol. The maximum absolute atomic E-state index is 11.7. The number of anilines is 1. The molecule has 2 N–H and O–H groups in total. The maximum atomic E-state index is 11.7. The Balaban J connectivity index is 2.39. The normalized spacial score (nSPS) is 11.4. The third-order valence-corrected chi connectivity index (χ3v) is 3.00. The van der Waals surface area contributed by atoms with Gasteiger partial charge in [-0.25, -0.2) is 5.43 Å². The van der Waals surface area contributed by atoms with Crippen LogP contribution in [0.15, 0.2) is 29.4 Å². The lowest BCUT2D eigenvalue weighted by Crippen LogP contribution is -2.26. The number of amides is 1. The SMILES string of the molecule is COc1ccccc1NCC(=O)N/N=C(/C)CCC(C)C. The molecule has 0 heterocycles. The Morgan fingerprint density at radius 2 is 2.05 bits per heavy atom. The lowest BCUT2D eigenvalue weighted by molar-refractivity contribution is -0.119. The molecule has 1 aromatic rings. The minimum atomic E-state index is -0.176. The number of methoxy groups -OCH3 is 1. The van der Waals surface area contributed by atoms with Crippen LogP contribution in [0.4, 0.5) is 5.69 Å². The van der Waals surface area contributed by atoms with Gasteiger partial charge in [0.2, 0.25) is 0 Å². The summed E-state index contributed by atoms with van der Waals surface area (Å²) in [6.07, 6.45) is 1.97. The minimum absolute atomic E-state index is 0.154. The van der Waals surface area contributed by atoms with Crippen LogP contribution >= 0.6 is 0 Å². The van der Waals surface area contributed by atoms with E-state index in [-0.39, 0.29) is 12.5 Å². The number of para-hydroxylation sites is 2. The van der Waals surface area contributed by atoms with Crippen LogP contribution in [0.2, 0.25) is 0 Å². The van der Waals surface area contributed by atoms with Crippen molar-refractivity contribution in [2.75, 3.05) is 19.0 Å². The topological polar surface area (TPSA) is 62.7 Å². The maximum Gasteiger partial charge on any atom is 0.259 e. The fraction of sp³-hybridized carbons (Fsp3) is 0.500. The molecule has 116 valence electrons. The summed E-state index contributed by atoms with van der Waals surface area (Å²) in [7, 11) is 1.60. The second-order valence-electron chi connectivity index (χ2n) is 5.37. The number of rotatable bonds is 8. The molecular weight excluding hydrogens is 266 g/mol. The number of carbonyl (C=O) groups excluding carboxylic acids is 1. The van der Waals surface area contributed by atoms with Gasteiger partial charge in [-0.3, -0.25) is 4.79 Å². The highest BCUT2D eigenvalue weighted by Crippen LogP contribution is 2.22. The van der Waals surface area contributed by atoms with Crippen LogP contribution in [0.1, 0.15) is 33.6 Å². The Kier molecular flexibility index (Phi) is 7.29. The van der Waals surface area contributed by atoms with Crippen LogP contribution in [-0.2, 0) is 4.79 Å². The van der Waals surface area contributed by atoms with Gasteiger partial charge in [-0.1, -0.05) is 26.0 Å². The van der Waals surface area contributed by atoms with Crippen LogP contribution < -0.4 is 15.5 Å². The predicted octanol–water partition coefficient (Wildman–Crippen LogP) is 3.04. The molecule has 1 aromatic carbocycles. The smallest absolute Gasteiger partial charge is 0.259 e. The van der Waals surface area contributed by atoms with Crippen LogP contribution in [-0.4, -0.2) is 25.3 Å². The molecule has 1 rings (SSSR count). The number of nitrogens with zero attached hydrogens (tertiary/aromatic N) is 1. The first-order valence-electron chi connectivity index (χ1n) is 7.21. The van der Waals surface area contributed by atoms with Gasteiger partial charge in [-0.15, -0.1) is 0 Å². The highest BCUT2D eigenvalue weighted by atomic mass is 16.5. The van der Waals surface area contributed by atoms with Crippen molar-refractivity contribution in [3.8, 4) is 5.75 Å². The molecule has 0 saturated heterocycles. The first-order chi connectivity index (χ1) is 10.0. The van der Waals surface area contributed by atoms with Gasteiger partial charge in [0, 0.05) is 5.71 Å². The largest absolute Gasteiger partial charge is 0.495 e. The summed E-state index contributed by atoms with van der Waals surface area (Å²) in [5, 5.41) is 7.13. The van der Waals surface area contributed by atoms with Crippen molar-refractivity contribution in [3.63, 3.8) is 0 Å². The Morgan fingerprint density at radius 3 is 2.71 bits per heavy atom. The lowest BCUT2D eigenvalue weighted by atomic mass is 10.1. The van der Waals surface area contributed by atoms with E-state index in [0.717, 1.165) is 24.2 Å². The zero-order valence-electron chi connectivity index (χ0n) is 13.3. The van der Waals surface area contributed by atoms with Crippen molar-refractivity contribution in [2.45, 2.75) is 33.6 Å². The third kappa shape index (κ3) is 6.79. The highest BCUT2D eigenvalue weighted by Gasteiger charge is 2.04. The van der Waals surface area contributed by atoms with Gasteiger partial charge >= 0.3 is 0 Å². The molecule has 0 aliphatic heterocycles. The van der Waals surface area contributed by atoms with Crippen molar-refractivity contribution in [2.24, 2.45) is 11.0 Å². The molecule has 0 unspecified atom stereocenters. The summed E-state index contributed by atoms with van der Waals surface area (Å²) < 4.78 is 5.21. The zero-order valence-corrected chi connectivity index (χ0v) is 13.3. The summed E-state index contributed by atoms with van der Waals surface area (Å²) >= 11 is 0. The van der Waals surface area contributed by atoms with Gasteiger partial charge in [0.25, 0.3) is 5.91 Å². The average Bonchev–Trinajstić information content (AvgIpc) is 2.49. The van der Waals surface area contributed by atoms with Crippen LogP contribution in [0.25, 0.3) is 0 Å². The Bertz CT molecular complexity index is 484. The standard InChI is InChI=1S/C16H25N3O2/c1-12(2)9-10-13(3)18-19-16(20)11-17-14-7-5-6-8-15(14)21-4/h5-8,12,17H,9-11H2,1-4H3,(H,19,20)/b18-13-. The second-order valence-corrected chi connectivity index (χ2v) is 5.37. The first-order valence-corrected chi connectivity index (χ1v) is 7.21. The molecule has 0 atom stereocenters. The first kappa shape index (κ1) is 17.0. The average molecular weight is 291 g/mol. The molecule has 0 bridgehead atoms. The van der Waals surface area contributed by atoms with Crippen molar-refractivity contribution >= 4 is 17.3 Å². The molecule has 5 heteroatoms. The highest BCUT2D eigenvalue weighted by molar-refractivity contribution is 5.86. The third-order valence-electron chi connectivity index (χ3n) is 3.00. The molecule has 0 fully saturated rings. The van der Waals surface area contributed by atoms with E-state index in [1.807, 2.05) is 31.2 Å². The van der Waals surface area contributed by atoms with Gasteiger partial charge in [0.05, 0.1) is 19.3 Å². The van der Waals surface area contributed by atoms with Gasteiger partial charge in [-0.05, 0) is 37.8 Å². The quantitative estimate of drug-likeness (QED) is 0.571. The predicted molar refractivity (Wildman–Crippen MR) is 86.8 cm³/mol. The van der Waals surface area contributed by atoms with E-state index < -0.39 is 0 Å². The van der Waals surface area contributed by atoms with Gasteiger partial charge in [-0.2, -0.15) is 5.10 Å². The van der Waals surface area contributed by atoms with E-state index in [4.69, 9.17) is 4.74 Å². The summed E-state index contributed by atoms with van der Waals surface area (Å²) in [4.78, 5) is 11.7. The van der Waals surface area contributed by atoms with Crippen LogP contribution in [0.3, 0.4) is 0 Å². The fourth-order valence-electron chi connectivity index (χ4n) is 1.72. The summed E-state index contributed by atoms with van der Waals surface area (Å²) in [6.45, 7) is 6.42. The molecule has 0 aliphatic carbocycles. The number of benzene rings is 1. The fourth-order valence-corrected chi connectivity index (χ4v) is 1.72. The minimum Gasteiger partial charge on any atom is -0.495 e. The number of hydrogen-bond donors (Lipinski definition) is 2. The van der Waals surface area contributed by atoms with Gasteiger partial charge in [0.15, 0.2) is 0 Å². The lowest BCUT2D eigenvalue weighted by Gasteiger charge is -2.10. The van der Waals surface area contributed by atoms with E-state index in [0.29, 0.717) is 11.7 Å². The van der Waals surface area contributed by atoms with E-state index in [1.54, 1.807) is 7.11 Å². The van der Waals surface area contributed by atoms with E-state index in [1.165, 1.54) is 0 Å². The number of ether oxygens (including phenoxy) is 1. The summed E-state index contributed by atoms with van der Waals surface area (Å²) in [5.41, 5.74) is 4.29. The van der Waals surface area contributed by atoms with Crippen molar-refractivity contribution in [3.05, 3.63) is 24.3 Å². The second kappa shape index (κ2) is 9.00. The molecule has 0 spiro atoms. The van der Waals surface area contributed by atoms with Crippen LogP contribution in [0, 0.1) is 5.92 Å². The zero-order chi connectivity index (χ0) is 15.7. The molecule has 0 aromatic heterocycles. The Morgan fingerprint density at radius 1 is 1.33 bits per heavy atom. The molecular formula is C16H25N3O2. The van der Waals surface area contributed by atoms with Crippen molar-refractivity contribution < 1.29 is 9.53 Å². The van der Waals surface area contributed by atoms with Crippen molar-refractivity contribution in [1.29, 1.82) is 0 Å². The number of nitrogens with one attached hydrogen (secondary N) is 2. The summed E-state index contributed by atoms with van der Waals surface area (Å²) in [5.74, 6) is 1.17. The molecule has 1 amide bonds. The van der Waals surface area contributed by atoms with E-state index in [2.05, 4.69) is 29.7 Å². The number of hydrogen-bond acceptors (Lipinski definition) is 4. The number of hydrazone groups is 1. The molecule has 21 heavy (non-hydrogen) atoms. The number of carbonyl (C=O) groups is 1. The van der Waals surface area contributed by atoms with E-state index in [9.17, 15) is 4.79 Å². The van der Waals surface area contributed by atoms with Gasteiger partial charge in [0.1, 0.15) is 5.75 Å². The molecule has 0 radical (unpaired) electrons. The van der Waals surface area contributed by atoms with Crippen LogP contribution in [0.5, 0.6) is 5.75 Å². The summed E-state index contributed by atoms with van der Waals surface area (Å²) in [6, 6.07) is 7.47.